The molecule has 1 amide bonds. The highest BCUT2D eigenvalue weighted by atomic mass is 32.2. The van der Waals surface area contributed by atoms with E-state index in [9.17, 15) is 13.2 Å². The molecule has 0 bridgehead atoms. The molecule has 0 saturated carbocycles. The molecule has 14 heteroatoms. The summed E-state index contributed by atoms with van der Waals surface area (Å²) >= 11 is 1.64. The first-order valence-electron chi connectivity index (χ1n) is 11.7. The van der Waals surface area contributed by atoms with Crippen LogP contribution in [0, 0.1) is 0 Å². The van der Waals surface area contributed by atoms with Crippen molar-refractivity contribution in [3.8, 4) is 10.6 Å². The van der Waals surface area contributed by atoms with Gasteiger partial charge in [0.05, 0.1) is 47.3 Å². The van der Waals surface area contributed by atoms with Crippen LogP contribution in [0.2, 0.25) is 0 Å². The van der Waals surface area contributed by atoms with Gasteiger partial charge in [-0.3, -0.25) is 18.9 Å². The number of hydrogen-bond acceptors (Lipinski definition) is 10. The molecule has 37 heavy (non-hydrogen) atoms. The van der Waals surface area contributed by atoms with Crippen LogP contribution in [0.4, 0.5) is 11.8 Å². The molecule has 1 fully saturated rings. The van der Waals surface area contributed by atoms with Gasteiger partial charge in [-0.05, 0) is 26.0 Å². The Morgan fingerprint density at radius 3 is 2.51 bits per heavy atom. The SMILES string of the molecule is CS(=O)(=O)O.Cn1nccc1Nc1nccc(-c2cc3c(s2)C(C)(C)N(CCN2CCOCC2)C3=O)n1. The van der Waals surface area contributed by atoms with Crippen LogP contribution in [0.5, 0.6) is 0 Å². The smallest absolute Gasteiger partial charge is 0.261 e. The third-order valence-corrected chi connectivity index (χ3v) is 7.62. The van der Waals surface area contributed by atoms with Crippen LogP contribution in [0.3, 0.4) is 0 Å². The number of rotatable bonds is 6. The van der Waals surface area contributed by atoms with E-state index in [0.29, 0.717) is 12.2 Å². The van der Waals surface area contributed by atoms with E-state index in [1.807, 2.05) is 30.1 Å². The first-order chi connectivity index (χ1) is 17.4. The quantitative estimate of drug-likeness (QED) is 0.439. The number of nitrogens with zero attached hydrogens (tertiary/aromatic N) is 6. The lowest BCUT2D eigenvalue weighted by atomic mass is 10.0. The number of nitrogens with one attached hydrogen (secondary N) is 1. The number of hydrogen-bond donors (Lipinski definition) is 2. The number of anilines is 2. The molecule has 12 nitrogen and oxygen atoms in total. The fourth-order valence-corrected chi connectivity index (χ4v) is 5.50. The van der Waals surface area contributed by atoms with Crippen LogP contribution in [0.15, 0.2) is 30.6 Å². The fourth-order valence-electron chi connectivity index (χ4n) is 4.27. The van der Waals surface area contributed by atoms with E-state index in [0.717, 1.165) is 66.2 Å². The molecule has 200 valence electrons. The summed E-state index contributed by atoms with van der Waals surface area (Å²) in [5.41, 5.74) is 1.24. The van der Waals surface area contributed by atoms with Crippen LogP contribution >= 0.6 is 11.3 Å². The Hall–Kier alpha value is -2.91. The molecule has 0 unspecified atom stereocenters. The molecule has 0 radical (unpaired) electrons. The van der Waals surface area contributed by atoms with Gasteiger partial charge in [-0.2, -0.15) is 13.5 Å². The van der Waals surface area contributed by atoms with Crippen molar-refractivity contribution in [1.82, 2.24) is 29.5 Å². The monoisotopic (exact) mass is 549 g/mol. The molecular weight excluding hydrogens is 518 g/mol. The van der Waals surface area contributed by atoms with Crippen molar-refractivity contribution in [3.63, 3.8) is 0 Å². The van der Waals surface area contributed by atoms with Crippen molar-refractivity contribution in [3.05, 3.63) is 41.0 Å². The Morgan fingerprint density at radius 2 is 1.89 bits per heavy atom. The predicted molar refractivity (Wildman–Crippen MR) is 141 cm³/mol. The van der Waals surface area contributed by atoms with Crippen molar-refractivity contribution in [2.45, 2.75) is 19.4 Å². The summed E-state index contributed by atoms with van der Waals surface area (Å²) in [6.45, 7) is 9.24. The second-order valence-corrected chi connectivity index (χ2v) is 11.8. The summed E-state index contributed by atoms with van der Waals surface area (Å²) < 4.78 is 33.0. The molecule has 0 aromatic carbocycles. The number of fused-ring (bicyclic) bond motifs is 1. The summed E-state index contributed by atoms with van der Waals surface area (Å²) in [6.07, 6.45) is 4.16. The molecule has 2 aliphatic rings. The van der Waals surface area contributed by atoms with E-state index in [1.54, 1.807) is 28.4 Å². The summed E-state index contributed by atoms with van der Waals surface area (Å²) in [6, 6.07) is 5.72. The third-order valence-electron chi connectivity index (χ3n) is 6.15. The minimum Gasteiger partial charge on any atom is -0.379 e. The van der Waals surface area contributed by atoms with Gasteiger partial charge in [0.2, 0.25) is 5.95 Å². The summed E-state index contributed by atoms with van der Waals surface area (Å²) in [5, 5.41) is 7.34. The van der Waals surface area contributed by atoms with Gasteiger partial charge in [0, 0.05) is 50.4 Å². The molecule has 3 aromatic heterocycles. The molecule has 2 aliphatic heterocycles. The highest BCUT2D eigenvalue weighted by Gasteiger charge is 2.44. The normalized spacial score (nSPS) is 17.3. The molecule has 0 atom stereocenters. The molecule has 3 aromatic rings. The Kier molecular flexibility index (Phi) is 7.94. The van der Waals surface area contributed by atoms with E-state index < -0.39 is 10.1 Å². The van der Waals surface area contributed by atoms with Crippen molar-refractivity contribution in [1.29, 1.82) is 0 Å². The zero-order chi connectivity index (χ0) is 26.8. The maximum Gasteiger partial charge on any atom is 0.261 e. The van der Waals surface area contributed by atoms with E-state index in [-0.39, 0.29) is 11.4 Å². The summed E-state index contributed by atoms with van der Waals surface area (Å²) in [4.78, 5) is 28.7. The van der Waals surface area contributed by atoms with Crippen LogP contribution < -0.4 is 5.32 Å². The van der Waals surface area contributed by atoms with Crippen molar-refractivity contribution in [2.24, 2.45) is 7.05 Å². The number of amides is 1. The van der Waals surface area contributed by atoms with Crippen molar-refractivity contribution in [2.75, 3.05) is 51.0 Å². The van der Waals surface area contributed by atoms with Crippen LogP contribution in [0.1, 0.15) is 29.1 Å². The zero-order valence-corrected chi connectivity index (χ0v) is 22.8. The number of aryl methyl sites for hydroxylation is 1. The molecule has 0 spiro atoms. The second-order valence-electron chi connectivity index (χ2n) is 9.29. The van der Waals surface area contributed by atoms with Crippen LogP contribution in [0.25, 0.3) is 10.6 Å². The number of aromatic nitrogens is 4. The predicted octanol–water partition coefficient (Wildman–Crippen LogP) is 2.21. The lowest BCUT2D eigenvalue weighted by Crippen LogP contribution is -2.46. The fraction of sp³-hybridized carbons (Fsp3) is 0.478. The number of carbonyl (C=O) groups is 1. The van der Waals surface area contributed by atoms with E-state index >= 15 is 0 Å². The molecule has 2 N–H and O–H groups in total. The number of ether oxygens (including phenoxy) is 1. The Bertz CT molecular complexity index is 1360. The number of carbonyl (C=O) groups excluding carboxylic acids is 1. The average Bonchev–Trinajstić information content (AvgIpc) is 3.50. The van der Waals surface area contributed by atoms with Crippen molar-refractivity contribution < 1.29 is 22.5 Å². The van der Waals surface area contributed by atoms with E-state index in [1.165, 1.54) is 0 Å². The van der Waals surface area contributed by atoms with Gasteiger partial charge in [-0.15, -0.1) is 11.3 Å². The first kappa shape index (κ1) is 27.1. The molecular formula is C23H31N7O5S2. The third kappa shape index (κ3) is 6.51. The highest BCUT2D eigenvalue weighted by Crippen LogP contribution is 2.45. The van der Waals surface area contributed by atoms with Gasteiger partial charge in [-0.25, -0.2) is 9.97 Å². The molecule has 5 heterocycles. The average molecular weight is 550 g/mol. The lowest BCUT2D eigenvalue weighted by Gasteiger charge is -2.35. The largest absolute Gasteiger partial charge is 0.379 e. The number of morpholine rings is 1. The molecule has 1 saturated heterocycles. The summed E-state index contributed by atoms with van der Waals surface area (Å²) in [5.74, 6) is 1.41. The zero-order valence-electron chi connectivity index (χ0n) is 21.2. The van der Waals surface area contributed by atoms with Gasteiger partial charge in [-0.1, -0.05) is 0 Å². The van der Waals surface area contributed by atoms with Crippen LogP contribution in [-0.2, 0) is 27.4 Å². The Morgan fingerprint density at radius 1 is 1.19 bits per heavy atom. The number of thiophene rings is 1. The minimum atomic E-state index is -3.67. The highest BCUT2D eigenvalue weighted by molar-refractivity contribution is 7.85. The lowest BCUT2D eigenvalue weighted by molar-refractivity contribution is 0.0263. The van der Waals surface area contributed by atoms with Crippen LogP contribution in [-0.4, -0.2) is 94.1 Å². The summed E-state index contributed by atoms with van der Waals surface area (Å²) in [7, 11) is -1.81. The first-order valence-corrected chi connectivity index (χ1v) is 14.4. The van der Waals surface area contributed by atoms with Gasteiger partial charge in [0.1, 0.15) is 5.82 Å². The maximum absolute atomic E-state index is 13.3. The van der Waals surface area contributed by atoms with Gasteiger partial charge < -0.3 is 15.0 Å². The van der Waals surface area contributed by atoms with Gasteiger partial charge in [0.25, 0.3) is 16.0 Å². The standard InChI is InChI=1S/C22H27N7O2S.CH4O3S/c1-22(2)19-15(20(30)29(22)9-8-28-10-12-31-13-11-28)14-17(32-19)16-4-6-23-21(25-16)26-18-5-7-24-27(18)3;1-5(2,3)4/h4-7,14H,8-13H2,1-3H3,(H,23,25,26);1H3,(H,2,3,4). The van der Waals surface area contributed by atoms with Gasteiger partial charge in [0.15, 0.2) is 0 Å². The molecule has 5 rings (SSSR count). The minimum absolute atomic E-state index is 0.100. The Balaban J connectivity index is 0.000000586. The second kappa shape index (κ2) is 10.8. The maximum atomic E-state index is 13.3. The Labute approximate surface area is 220 Å². The van der Waals surface area contributed by atoms with Gasteiger partial charge >= 0.3 is 0 Å². The van der Waals surface area contributed by atoms with E-state index in [4.69, 9.17) is 9.29 Å². The van der Waals surface area contributed by atoms with Crippen molar-refractivity contribution >= 4 is 39.1 Å². The molecule has 0 aliphatic carbocycles. The van der Waals surface area contributed by atoms with E-state index in [2.05, 4.69) is 39.1 Å². The topological polar surface area (TPSA) is 143 Å².